The van der Waals surface area contributed by atoms with Crippen molar-refractivity contribution in [3.8, 4) is 17.1 Å². The van der Waals surface area contributed by atoms with Gasteiger partial charge < -0.3 is 9.52 Å². The van der Waals surface area contributed by atoms with E-state index in [1.54, 1.807) is 19.1 Å². The van der Waals surface area contributed by atoms with Gasteiger partial charge in [-0.25, -0.2) is 0 Å². The summed E-state index contributed by atoms with van der Waals surface area (Å²) in [5, 5.41) is 10.4. The number of benzene rings is 2. The van der Waals surface area contributed by atoms with Crippen molar-refractivity contribution in [2.75, 3.05) is 0 Å². The number of rotatable bonds is 3. The van der Waals surface area contributed by atoms with E-state index in [1.165, 1.54) is 0 Å². The summed E-state index contributed by atoms with van der Waals surface area (Å²) in [4.78, 5) is 11.2. The van der Waals surface area contributed by atoms with Crippen LogP contribution >= 0.6 is 0 Å². The highest BCUT2D eigenvalue weighted by atomic mass is 16.3. The molecule has 0 saturated carbocycles. The van der Waals surface area contributed by atoms with Crippen LogP contribution in [0.2, 0.25) is 0 Å². The SMILES string of the molecule is CC(=O)Cc1ccc2oc(-c3ccc(O)cc3)c(C)c2c1. The number of hydrogen-bond donors (Lipinski definition) is 1. The third-order valence-electron chi connectivity index (χ3n) is 3.58. The van der Waals surface area contributed by atoms with Crippen LogP contribution in [0.1, 0.15) is 18.1 Å². The van der Waals surface area contributed by atoms with Gasteiger partial charge in [-0.15, -0.1) is 0 Å². The highest BCUT2D eigenvalue weighted by molar-refractivity contribution is 5.89. The molecule has 1 heterocycles. The minimum absolute atomic E-state index is 0.147. The van der Waals surface area contributed by atoms with Crippen molar-refractivity contribution in [2.45, 2.75) is 20.3 Å². The topological polar surface area (TPSA) is 50.4 Å². The molecule has 0 aliphatic heterocycles. The molecule has 0 spiro atoms. The van der Waals surface area contributed by atoms with Crippen molar-refractivity contribution in [2.24, 2.45) is 0 Å². The molecule has 3 heteroatoms. The van der Waals surface area contributed by atoms with Crippen LogP contribution in [0.15, 0.2) is 46.9 Å². The first-order valence-electron chi connectivity index (χ1n) is 6.85. The Balaban J connectivity index is 2.11. The van der Waals surface area contributed by atoms with Gasteiger partial charge in [0.05, 0.1) is 0 Å². The maximum atomic E-state index is 11.2. The van der Waals surface area contributed by atoms with E-state index in [4.69, 9.17) is 4.42 Å². The normalized spacial score (nSPS) is 11.0. The highest BCUT2D eigenvalue weighted by Gasteiger charge is 2.13. The van der Waals surface area contributed by atoms with Gasteiger partial charge in [-0.05, 0) is 55.8 Å². The number of furan rings is 1. The summed E-state index contributed by atoms with van der Waals surface area (Å²) in [5.74, 6) is 1.18. The first kappa shape index (κ1) is 13.4. The molecule has 3 nitrogen and oxygen atoms in total. The maximum Gasteiger partial charge on any atom is 0.138 e. The molecular weight excluding hydrogens is 264 g/mol. The number of ketones is 1. The van der Waals surface area contributed by atoms with E-state index >= 15 is 0 Å². The molecule has 3 rings (SSSR count). The number of phenols is 1. The lowest BCUT2D eigenvalue weighted by Gasteiger charge is -1.99. The minimum atomic E-state index is 0.147. The van der Waals surface area contributed by atoms with E-state index in [0.29, 0.717) is 6.42 Å². The molecule has 0 aliphatic carbocycles. The number of carbonyl (C=O) groups is 1. The van der Waals surface area contributed by atoms with E-state index in [9.17, 15) is 9.90 Å². The van der Waals surface area contributed by atoms with Crippen molar-refractivity contribution in [1.29, 1.82) is 0 Å². The van der Waals surface area contributed by atoms with Crippen molar-refractivity contribution in [1.82, 2.24) is 0 Å². The summed E-state index contributed by atoms with van der Waals surface area (Å²) in [6.07, 6.45) is 0.440. The molecule has 0 bridgehead atoms. The average Bonchev–Trinajstić information content (AvgIpc) is 2.76. The van der Waals surface area contributed by atoms with Crippen molar-refractivity contribution in [3.63, 3.8) is 0 Å². The van der Waals surface area contributed by atoms with Gasteiger partial charge in [0.25, 0.3) is 0 Å². The Hall–Kier alpha value is -2.55. The summed E-state index contributed by atoms with van der Waals surface area (Å²) in [7, 11) is 0. The molecular formula is C18H16O3. The van der Waals surface area contributed by atoms with E-state index in [2.05, 4.69) is 0 Å². The van der Waals surface area contributed by atoms with E-state index in [-0.39, 0.29) is 11.5 Å². The molecule has 0 atom stereocenters. The monoisotopic (exact) mass is 280 g/mol. The molecule has 1 N–H and O–H groups in total. The zero-order valence-electron chi connectivity index (χ0n) is 12.0. The zero-order chi connectivity index (χ0) is 15.0. The fourth-order valence-corrected chi connectivity index (χ4v) is 2.55. The summed E-state index contributed by atoms with van der Waals surface area (Å²) in [5.41, 5.74) is 3.77. The van der Waals surface area contributed by atoms with E-state index in [1.807, 2.05) is 37.3 Å². The first-order chi connectivity index (χ1) is 10.0. The summed E-state index contributed by atoms with van der Waals surface area (Å²) >= 11 is 0. The fraction of sp³-hybridized carbons (Fsp3) is 0.167. The lowest BCUT2D eigenvalue weighted by atomic mass is 10.0. The third kappa shape index (κ3) is 2.55. The number of Topliss-reactive ketones (excluding diaryl/α,β-unsaturated/α-hetero) is 1. The maximum absolute atomic E-state index is 11.2. The average molecular weight is 280 g/mol. The van der Waals surface area contributed by atoms with Gasteiger partial charge in [0.2, 0.25) is 0 Å². The van der Waals surface area contributed by atoms with Crippen LogP contribution in [0.25, 0.3) is 22.3 Å². The van der Waals surface area contributed by atoms with Gasteiger partial charge in [0.15, 0.2) is 0 Å². The van der Waals surface area contributed by atoms with Gasteiger partial charge in [-0.1, -0.05) is 6.07 Å². The molecule has 0 amide bonds. The molecule has 106 valence electrons. The van der Waals surface area contributed by atoms with Crippen molar-refractivity contribution >= 4 is 16.8 Å². The number of carbonyl (C=O) groups excluding carboxylic acids is 1. The standard InChI is InChI=1S/C18H16O3/c1-11(19)9-13-3-8-17-16(10-13)12(2)18(21-17)14-4-6-15(20)7-5-14/h3-8,10,20H,9H2,1-2H3. The molecule has 1 aromatic heterocycles. The molecule has 0 aliphatic rings. The lowest BCUT2D eigenvalue weighted by Crippen LogP contribution is -1.95. The molecule has 0 unspecified atom stereocenters. The van der Waals surface area contributed by atoms with Crippen LogP contribution in [0.3, 0.4) is 0 Å². The third-order valence-corrected chi connectivity index (χ3v) is 3.58. The Morgan fingerprint density at radius 1 is 1.14 bits per heavy atom. The van der Waals surface area contributed by atoms with Crippen LogP contribution in [-0.4, -0.2) is 10.9 Å². The Kier molecular flexibility index (Phi) is 3.26. The van der Waals surface area contributed by atoms with E-state index in [0.717, 1.165) is 33.4 Å². The second-order valence-corrected chi connectivity index (χ2v) is 5.31. The van der Waals surface area contributed by atoms with Crippen LogP contribution in [-0.2, 0) is 11.2 Å². The Labute approximate surface area is 122 Å². The Morgan fingerprint density at radius 2 is 1.86 bits per heavy atom. The zero-order valence-corrected chi connectivity index (χ0v) is 12.0. The molecule has 3 aromatic rings. The molecule has 0 saturated heterocycles. The largest absolute Gasteiger partial charge is 0.508 e. The van der Waals surface area contributed by atoms with Gasteiger partial charge in [-0.2, -0.15) is 0 Å². The predicted octanol–water partition coefficient (Wildman–Crippen LogP) is 4.25. The predicted molar refractivity (Wildman–Crippen MR) is 82.4 cm³/mol. The Morgan fingerprint density at radius 3 is 2.52 bits per heavy atom. The van der Waals surface area contributed by atoms with Crippen LogP contribution < -0.4 is 0 Å². The molecule has 2 aromatic carbocycles. The highest BCUT2D eigenvalue weighted by Crippen LogP contribution is 2.34. The van der Waals surface area contributed by atoms with Gasteiger partial charge >= 0.3 is 0 Å². The van der Waals surface area contributed by atoms with Gasteiger partial charge in [0.1, 0.15) is 22.9 Å². The molecule has 21 heavy (non-hydrogen) atoms. The smallest absolute Gasteiger partial charge is 0.138 e. The summed E-state index contributed by atoms with van der Waals surface area (Å²) in [6, 6.07) is 12.8. The van der Waals surface area contributed by atoms with Crippen molar-refractivity contribution in [3.05, 3.63) is 53.6 Å². The number of aromatic hydroxyl groups is 1. The van der Waals surface area contributed by atoms with Crippen molar-refractivity contribution < 1.29 is 14.3 Å². The Bertz CT molecular complexity index is 810. The summed E-state index contributed by atoms with van der Waals surface area (Å²) in [6.45, 7) is 3.60. The number of aryl methyl sites for hydroxylation is 1. The van der Waals surface area contributed by atoms with Crippen LogP contribution in [0.5, 0.6) is 5.75 Å². The number of fused-ring (bicyclic) bond motifs is 1. The van der Waals surface area contributed by atoms with Crippen LogP contribution in [0, 0.1) is 6.92 Å². The van der Waals surface area contributed by atoms with E-state index < -0.39 is 0 Å². The number of hydrogen-bond acceptors (Lipinski definition) is 3. The number of phenolic OH excluding ortho intramolecular Hbond substituents is 1. The first-order valence-corrected chi connectivity index (χ1v) is 6.85. The lowest BCUT2D eigenvalue weighted by molar-refractivity contribution is -0.116. The fourth-order valence-electron chi connectivity index (χ4n) is 2.55. The minimum Gasteiger partial charge on any atom is -0.508 e. The molecule has 0 fully saturated rings. The summed E-state index contributed by atoms with van der Waals surface area (Å²) < 4.78 is 5.92. The van der Waals surface area contributed by atoms with Crippen LogP contribution in [0.4, 0.5) is 0 Å². The van der Waals surface area contributed by atoms with Gasteiger partial charge in [-0.3, -0.25) is 4.79 Å². The second-order valence-electron chi connectivity index (χ2n) is 5.31. The van der Waals surface area contributed by atoms with Gasteiger partial charge in [0, 0.05) is 22.9 Å². The molecule has 0 radical (unpaired) electrons. The second kappa shape index (κ2) is 5.09. The quantitative estimate of drug-likeness (QED) is 0.780.